The Balaban J connectivity index is 1.13. The van der Waals surface area contributed by atoms with E-state index in [2.05, 4.69) is 36.8 Å². The number of nitrogens with zero attached hydrogens (tertiary/aromatic N) is 8. The molecular weight excluding hydrogens is 1080 g/mol. The number of rotatable bonds is 6. The Morgan fingerprint density at radius 2 is 0.918 bits per heavy atom. The molecule has 12 rings (SSSR count). The van der Waals surface area contributed by atoms with E-state index in [1.165, 1.54) is 57.5 Å². The van der Waals surface area contributed by atoms with Crippen LogP contribution in [0.15, 0.2) is 46.6 Å². The zero-order valence-corrected chi connectivity index (χ0v) is 43.3. The molecule has 7 heterocycles. The number of allylic oxidation sites excluding steroid dienone is 6. The lowest BCUT2D eigenvalue weighted by atomic mass is 9.99. The summed E-state index contributed by atoms with van der Waals surface area (Å²) in [6, 6.07) is 10.4. The molecule has 21 heteroatoms. The summed E-state index contributed by atoms with van der Waals surface area (Å²) in [5.41, 5.74) is 3.18. The predicted octanol–water partition coefficient (Wildman–Crippen LogP) is 15.8. The minimum absolute atomic E-state index is 0.0617. The predicted molar refractivity (Wildman–Crippen MR) is 283 cm³/mol. The number of carbonyl (C=O) groups excluding carboxylic acids is 2. The van der Waals surface area contributed by atoms with Gasteiger partial charge in [-0.2, -0.15) is 29.8 Å². The van der Waals surface area contributed by atoms with Gasteiger partial charge in [0.2, 0.25) is 0 Å². The lowest BCUT2D eigenvalue weighted by Gasteiger charge is -2.15. The molecule has 0 aliphatic heterocycles. The Bertz CT molecular complexity index is 4320. The maximum absolute atomic E-state index is 14.6. The number of thiophene rings is 4. The molecule has 7 aromatic heterocycles. The number of ketones is 2. The van der Waals surface area contributed by atoms with Crippen molar-refractivity contribution >= 4 is 187 Å². The van der Waals surface area contributed by atoms with Gasteiger partial charge < -0.3 is 9.13 Å². The van der Waals surface area contributed by atoms with Gasteiger partial charge in [-0.1, -0.05) is 50.9 Å². The number of aromatic nitrogens is 4. The highest BCUT2D eigenvalue weighted by Crippen LogP contribution is 2.56. The van der Waals surface area contributed by atoms with Crippen molar-refractivity contribution in [2.75, 3.05) is 0 Å². The third-order valence-corrected chi connectivity index (χ3v) is 19.6. The number of fused-ring (bicyclic) bond motifs is 16. The molecule has 0 saturated carbocycles. The molecule has 3 aromatic carbocycles. The maximum atomic E-state index is 14.6. The van der Waals surface area contributed by atoms with Crippen molar-refractivity contribution in [2.24, 2.45) is 11.8 Å². The summed E-state index contributed by atoms with van der Waals surface area (Å²) in [6.45, 7) is 9.54. The minimum atomic E-state index is -1.25. The van der Waals surface area contributed by atoms with Crippen LogP contribution >= 0.6 is 80.3 Å². The summed E-state index contributed by atoms with van der Waals surface area (Å²) in [7, 11) is 0. The molecule has 0 saturated heterocycles. The summed E-state index contributed by atoms with van der Waals surface area (Å²) in [6.07, 6.45) is 2.97. The smallest absolute Gasteiger partial charge is 0.194 e. The molecule has 0 atom stereocenters. The van der Waals surface area contributed by atoms with E-state index < -0.39 is 46.0 Å². The number of benzene rings is 3. The monoisotopic (exact) mass is 1100 g/mol. The van der Waals surface area contributed by atoms with E-state index in [-0.39, 0.29) is 56.4 Å². The SMILES string of the molecule is CC(C)Cn1c2c3sc(/C=C4\C(=O)c5cc(F)c(F)cc5C4=C(C#N)C#N)c(Cl)c3sc2c2c3nsnc3c3c4sc5c(Cl)c(/C=C6\C(=O)c7cc(F)c(F)cc7C6=C(C#N)C#N)sc5c4n(CC(C)C)c3c21. The van der Waals surface area contributed by atoms with Gasteiger partial charge in [-0.25, -0.2) is 17.6 Å². The van der Waals surface area contributed by atoms with Crippen LogP contribution in [0.1, 0.15) is 69.3 Å². The minimum Gasteiger partial charge on any atom is -0.337 e. The van der Waals surface area contributed by atoms with Crippen LogP contribution in [0, 0.1) is 80.4 Å². The summed E-state index contributed by atoms with van der Waals surface area (Å²) < 4.78 is 77.6. The molecule has 10 nitrogen and oxygen atoms in total. The molecular formula is C52H24Cl2F4N8O2S5. The van der Waals surface area contributed by atoms with Crippen LogP contribution < -0.4 is 0 Å². The highest BCUT2D eigenvalue weighted by molar-refractivity contribution is 7.35. The van der Waals surface area contributed by atoms with Gasteiger partial charge in [-0.05, 0) is 59.4 Å². The topological polar surface area (TPSA) is 165 Å². The molecule has 0 fully saturated rings. The number of carbonyl (C=O) groups is 2. The Kier molecular flexibility index (Phi) is 10.8. The quantitative estimate of drug-likeness (QED) is 0.0901. The molecule has 0 radical (unpaired) electrons. The molecule has 0 bridgehead atoms. The standard InChI is InChI=1S/C52H24Cl2F4N8O2S5/c1-17(2)15-65-41-35(47-43(65)51-49(71-47)37(53)31(69-51)9-25-33(19(11-59)12-60)21-5-27(55)29(57)7-23(21)45(25)67)39-40(64-73-63-39)36-42(41)66(16-18(3)4)44-48(36)72-50-38(54)32(70-52(44)50)10-26-34(20(13-61)14-62)22-6-28(56)30(58)8-24(22)46(26)68/h5-10,17-18H,15-16H2,1-4H3/b25-9-,26-10-. The molecule has 2 aliphatic carbocycles. The van der Waals surface area contributed by atoms with Crippen LogP contribution in [0.5, 0.6) is 0 Å². The van der Waals surface area contributed by atoms with Crippen molar-refractivity contribution in [1.29, 1.82) is 21.0 Å². The number of hydrogen-bond donors (Lipinski definition) is 0. The number of halogens is 6. The zero-order valence-electron chi connectivity index (χ0n) is 37.7. The number of Topliss-reactive ketones (excluding diaryl/α,β-unsaturated/α-hetero) is 2. The highest BCUT2D eigenvalue weighted by atomic mass is 35.5. The second-order valence-electron chi connectivity index (χ2n) is 18.2. The van der Waals surface area contributed by atoms with Crippen molar-refractivity contribution in [1.82, 2.24) is 17.9 Å². The fraction of sp³-hybridized carbons (Fsp3) is 0.154. The largest absolute Gasteiger partial charge is 0.337 e. The van der Waals surface area contributed by atoms with Gasteiger partial charge in [0.1, 0.15) is 46.5 Å². The van der Waals surface area contributed by atoms with Gasteiger partial charge in [0.05, 0.1) is 72.0 Å². The van der Waals surface area contributed by atoms with E-state index in [1.807, 2.05) is 0 Å². The first-order valence-electron chi connectivity index (χ1n) is 22.0. The van der Waals surface area contributed by atoms with E-state index in [4.69, 9.17) is 31.9 Å². The molecule has 0 N–H and O–H groups in total. The molecule has 0 unspecified atom stereocenters. The van der Waals surface area contributed by atoms with Gasteiger partial charge in [0, 0.05) is 67.0 Å². The van der Waals surface area contributed by atoms with Gasteiger partial charge in [-0.15, -0.1) is 45.3 Å². The summed E-state index contributed by atoms with van der Waals surface area (Å²) >= 11 is 21.2. The van der Waals surface area contributed by atoms with E-state index >= 15 is 0 Å². The Morgan fingerprint density at radius 1 is 0.562 bits per heavy atom. The number of nitriles is 4. The average molecular weight is 1100 g/mol. The highest BCUT2D eigenvalue weighted by Gasteiger charge is 2.38. The Morgan fingerprint density at radius 3 is 1.26 bits per heavy atom. The van der Waals surface area contributed by atoms with Crippen LogP contribution in [-0.4, -0.2) is 29.4 Å². The first kappa shape index (κ1) is 47.0. The third kappa shape index (κ3) is 6.50. The van der Waals surface area contributed by atoms with Gasteiger partial charge >= 0.3 is 0 Å². The molecule has 356 valence electrons. The lowest BCUT2D eigenvalue weighted by Crippen LogP contribution is -2.07. The van der Waals surface area contributed by atoms with Crippen molar-refractivity contribution < 1.29 is 27.2 Å². The van der Waals surface area contributed by atoms with E-state index in [1.54, 1.807) is 24.3 Å². The summed E-state index contributed by atoms with van der Waals surface area (Å²) in [5, 5.41) is 42.2. The summed E-state index contributed by atoms with van der Waals surface area (Å²) in [5.74, 6) is -6.09. The fourth-order valence-electron chi connectivity index (χ4n) is 10.1. The van der Waals surface area contributed by atoms with Gasteiger partial charge in [0.15, 0.2) is 34.8 Å². The van der Waals surface area contributed by atoms with Crippen LogP contribution in [-0.2, 0) is 13.1 Å². The Hall–Kier alpha value is -7.04. The van der Waals surface area contributed by atoms with Crippen molar-refractivity contribution in [2.45, 2.75) is 40.8 Å². The lowest BCUT2D eigenvalue weighted by molar-refractivity contribution is 0.103. The van der Waals surface area contributed by atoms with Crippen LogP contribution in [0.3, 0.4) is 0 Å². The second-order valence-corrected chi connectivity index (χ2v) is 23.6. The number of hydrogen-bond acceptors (Lipinski definition) is 13. The molecule has 0 amide bonds. The van der Waals surface area contributed by atoms with Crippen molar-refractivity contribution in [3.63, 3.8) is 0 Å². The van der Waals surface area contributed by atoms with Crippen molar-refractivity contribution in [3.8, 4) is 24.3 Å². The summed E-state index contributed by atoms with van der Waals surface area (Å²) in [4.78, 5) is 28.8. The van der Waals surface area contributed by atoms with Crippen LogP contribution in [0.25, 0.3) is 95.4 Å². The Labute approximate surface area is 438 Å². The fourth-order valence-corrected chi connectivity index (χ4v) is 16.9. The van der Waals surface area contributed by atoms with Crippen molar-refractivity contribution in [3.05, 3.63) is 112 Å². The molecule has 2 aliphatic rings. The van der Waals surface area contributed by atoms with E-state index in [0.29, 0.717) is 43.9 Å². The molecule has 0 spiro atoms. The van der Waals surface area contributed by atoms with Crippen LogP contribution in [0.2, 0.25) is 10.0 Å². The zero-order chi connectivity index (χ0) is 51.4. The normalized spacial score (nSPS) is 14.8. The molecule has 73 heavy (non-hydrogen) atoms. The first-order chi connectivity index (χ1) is 35.0. The average Bonchev–Trinajstić information content (AvgIpc) is 4.25. The maximum Gasteiger partial charge on any atom is 0.194 e. The van der Waals surface area contributed by atoms with Crippen LogP contribution in [0.4, 0.5) is 17.6 Å². The van der Waals surface area contributed by atoms with Gasteiger partial charge in [0.25, 0.3) is 0 Å². The molecule has 10 aromatic rings. The van der Waals surface area contributed by atoms with E-state index in [0.717, 1.165) is 97.0 Å². The first-order valence-corrected chi connectivity index (χ1v) is 26.8. The van der Waals surface area contributed by atoms with E-state index in [9.17, 15) is 48.2 Å². The third-order valence-electron chi connectivity index (χ3n) is 12.9. The second kappa shape index (κ2) is 16.7. The van der Waals surface area contributed by atoms with Gasteiger partial charge in [-0.3, -0.25) is 9.59 Å².